The van der Waals surface area contributed by atoms with Gasteiger partial charge in [-0.3, -0.25) is 14.5 Å². The summed E-state index contributed by atoms with van der Waals surface area (Å²) in [6.07, 6.45) is -0.0687. The van der Waals surface area contributed by atoms with Crippen molar-refractivity contribution in [2.75, 3.05) is 13.2 Å². The molecule has 1 saturated heterocycles. The second-order valence-corrected chi connectivity index (χ2v) is 17.5. The van der Waals surface area contributed by atoms with E-state index in [1.165, 1.54) is 4.90 Å². The Bertz CT molecular complexity index is 1390. The highest BCUT2D eigenvalue weighted by Crippen LogP contribution is 2.38. The zero-order valence-electron chi connectivity index (χ0n) is 25.3. The molecule has 5 rings (SSSR count). The number of rotatable bonds is 6. The molecule has 2 aliphatic rings. The van der Waals surface area contributed by atoms with Crippen LogP contribution in [-0.2, 0) is 9.16 Å². The number of nitrogens with zero attached hydrogens (tertiary/aromatic N) is 2. The van der Waals surface area contributed by atoms with Gasteiger partial charge in [-0.15, -0.1) is 0 Å². The Hall–Kier alpha value is -3.75. The Labute approximate surface area is 249 Å². The summed E-state index contributed by atoms with van der Waals surface area (Å²) in [6.45, 7) is 12.5. The first-order valence-electron chi connectivity index (χ1n) is 14.5. The summed E-state index contributed by atoms with van der Waals surface area (Å²) in [6, 6.07) is 26.7. The molecule has 2 atom stereocenters. The Morgan fingerprint density at radius 2 is 1.26 bits per heavy atom. The van der Waals surface area contributed by atoms with Gasteiger partial charge in [-0.1, -0.05) is 93.6 Å². The fraction of sp³-hybridized carbons (Fsp3) is 0.382. The van der Waals surface area contributed by atoms with Gasteiger partial charge in [-0.25, -0.2) is 4.79 Å². The first-order chi connectivity index (χ1) is 19.8. The van der Waals surface area contributed by atoms with Gasteiger partial charge in [-0.05, 0) is 54.7 Å². The fourth-order valence-electron chi connectivity index (χ4n) is 6.30. The third kappa shape index (κ3) is 5.41. The molecular weight excluding hydrogens is 544 g/mol. The van der Waals surface area contributed by atoms with E-state index in [0.717, 1.165) is 10.4 Å². The van der Waals surface area contributed by atoms with Gasteiger partial charge in [0.05, 0.1) is 29.8 Å². The molecule has 3 amide bonds. The predicted molar refractivity (Wildman–Crippen MR) is 166 cm³/mol. The molecule has 0 N–H and O–H groups in total. The molecule has 0 radical (unpaired) electrons. The van der Waals surface area contributed by atoms with Gasteiger partial charge >= 0.3 is 6.09 Å². The van der Waals surface area contributed by atoms with Gasteiger partial charge in [0.2, 0.25) is 0 Å². The van der Waals surface area contributed by atoms with Crippen LogP contribution in [-0.4, -0.2) is 66.9 Å². The summed E-state index contributed by atoms with van der Waals surface area (Å²) < 4.78 is 13.0. The van der Waals surface area contributed by atoms with E-state index >= 15 is 0 Å². The number of imide groups is 1. The van der Waals surface area contributed by atoms with Crippen LogP contribution < -0.4 is 10.4 Å². The highest BCUT2D eigenvalue weighted by molar-refractivity contribution is 6.99. The zero-order valence-corrected chi connectivity index (χ0v) is 26.3. The van der Waals surface area contributed by atoms with Crippen molar-refractivity contribution in [1.29, 1.82) is 0 Å². The van der Waals surface area contributed by atoms with E-state index in [1.807, 2.05) is 57.2 Å². The topological polar surface area (TPSA) is 76.2 Å². The van der Waals surface area contributed by atoms with Crippen molar-refractivity contribution in [2.45, 2.75) is 70.7 Å². The summed E-state index contributed by atoms with van der Waals surface area (Å²) in [7, 11) is -2.89. The minimum Gasteiger partial charge on any atom is -0.444 e. The maximum Gasteiger partial charge on any atom is 0.410 e. The molecule has 0 saturated carbocycles. The second-order valence-electron chi connectivity index (χ2n) is 13.2. The van der Waals surface area contributed by atoms with Gasteiger partial charge in [0.25, 0.3) is 20.1 Å². The Kier molecular flexibility index (Phi) is 7.89. The number of carbonyl (C=O) groups excluding carboxylic acids is 3. The Morgan fingerprint density at radius 1 is 0.786 bits per heavy atom. The third-order valence-electron chi connectivity index (χ3n) is 8.12. The number of carbonyl (C=O) groups is 3. The Balaban J connectivity index is 1.50. The molecule has 220 valence electrons. The van der Waals surface area contributed by atoms with Crippen molar-refractivity contribution in [2.24, 2.45) is 0 Å². The zero-order chi connectivity index (χ0) is 30.3. The van der Waals surface area contributed by atoms with Crippen molar-refractivity contribution >= 4 is 36.6 Å². The standard InChI is InChI=1S/C34H40N2O5Si/c1-33(2,3)41-32(39)35-22-24(36-30(37)28-19-13-14-20-29(28)31(36)38)21-25(35)23-40-42(34(4,5)6,26-15-9-7-10-16-26)27-17-11-8-12-18-27/h7-20,24-25H,21-23H2,1-6H3/t24-,25-/m0/s1. The van der Waals surface area contributed by atoms with Crippen LogP contribution in [0, 0.1) is 0 Å². The lowest BCUT2D eigenvalue weighted by atomic mass is 10.1. The smallest absolute Gasteiger partial charge is 0.410 e. The molecule has 3 aromatic rings. The first kappa shape index (κ1) is 29.7. The van der Waals surface area contributed by atoms with E-state index in [0.29, 0.717) is 17.5 Å². The van der Waals surface area contributed by atoms with Crippen LogP contribution in [0.2, 0.25) is 5.04 Å². The molecule has 1 fully saturated rings. The van der Waals surface area contributed by atoms with Crippen molar-refractivity contribution in [1.82, 2.24) is 9.80 Å². The molecule has 0 bridgehead atoms. The average Bonchev–Trinajstić information content (AvgIpc) is 3.47. The number of hydrogen-bond acceptors (Lipinski definition) is 5. The van der Waals surface area contributed by atoms with Crippen LogP contribution in [0.25, 0.3) is 0 Å². The van der Waals surface area contributed by atoms with E-state index in [-0.39, 0.29) is 30.0 Å². The largest absolute Gasteiger partial charge is 0.444 e. The van der Waals surface area contributed by atoms with Gasteiger partial charge in [-0.2, -0.15) is 0 Å². The molecule has 42 heavy (non-hydrogen) atoms. The van der Waals surface area contributed by atoms with Crippen LogP contribution in [0.1, 0.15) is 68.7 Å². The minimum atomic E-state index is -2.89. The lowest BCUT2D eigenvalue weighted by molar-refractivity contribution is 0.0172. The summed E-state index contributed by atoms with van der Waals surface area (Å²) in [5, 5.41) is 2.04. The van der Waals surface area contributed by atoms with Crippen molar-refractivity contribution in [3.05, 3.63) is 96.1 Å². The lowest BCUT2D eigenvalue weighted by Crippen LogP contribution is -2.67. The second kappa shape index (κ2) is 11.2. The molecule has 8 heteroatoms. The Morgan fingerprint density at radius 3 is 1.71 bits per heavy atom. The number of amides is 3. The van der Waals surface area contributed by atoms with E-state index < -0.39 is 32.1 Å². The van der Waals surface area contributed by atoms with Crippen LogP contribution in [0.5, 0.6) is 0 Å². The summed E-state index contributed by atoms with van der Waals surface area (Å²) in [5.74, 6) is -0.642. The normalized spacial score (nSPS) is 19.3. The van der Waals surface area contributed by atoms with E-state index in [4.69, 9.17) is 9.16 Å². The van der Waals surface area contributed by atoms with Crippen LogP contribution in [0.15, 0.2) is 84.9 Å². The molecule has 2 aliphatic heterocycles. The van der Waals surface area contributed by atoms with Crippen molar-refractivity contribution in [3.63, 3.8) is 0 Å². The van der Waals surface area contributed by atoms with Crippen molar-refractivity contribution < 1.29 is 23.5 Å². The third-order valence-corrected chi connectivity index (χ3v) is 13.1. The van der Waals surface area contributed by atoms with E-state index in [9.17, 15) is 14.4 Å². The summed E-state index contributed by atoms with van der Waals surface area (Å²) in [5.41, 5.74) is 0.102. The average molecular weight is 585 g/mol. The predicted octanol–water partition coefficient (Wildman–Crippen LogP) is 5.24. The minimum absolute atomic E-state index is 0.190. The van der Waals surface area contributed by atoms with E-state index in [1.54, 1.807) is 29.2 Å². The van der Waals surface area contributed by atoms with Gasteiger partial charge in [0.1, 0.15) is 5.60 Å². The molecular formula is C34H40N2O5Si. The number of hydrogen-bond donors (Lipinski definition) is 0. The van der Waals surface area contributed by atoms with Crippen LogP contribution >= 0.6 is 0 Å². The highest BCUT2D eigenvalue weighted by atomic mass is 28.4. The first-order valence-corrected chi connectivity index (χ1v) is 16.5. The number of ether oxygens (including phenoxy) is 1. The molecule has 7 nitrogen and oxygen atoms in total. The monoisotopic (exact) mass is 584 g/mol. The van der Waals surface area contributed by atoms with Gasteiger partial charge in [0.15, 0.2) is 0 Å². The molecule has 2 heterocycles. The van der Waals surface area contributed by atoms with Crippen LogP contribution in [0.4, 0.5) is 4.79 Å². The van der Waals surface area contributed by atoms with Gasteiger partial charge < -0.3 is 14.1 Å². The summed E-state index contributed by atoms with van der Waals surface area (Å²) >= 11 is 0. The van der Waals surface area contributed by atoms with Crippen molar-refractivity contribution in [3.8, 4) is 0 Å². The maximum atomic E-state index is 13.5. The van der Waals surface area contributed by atoms with E-state index in [2.05, 4.69) is 45.0 Å². The molecule has 0 aliphatic carbocycles. The summed E-state index contributed by atoms with van der Waals surface area (Å²) in [4.78, 5) is 43.3. The lowest BCUT2D eigenvalue weighted by Gasteiger charge is -2.44. The maximum absolute atomic E-state index is 13.5. The molecule has 0 unspecified atom stereocenters. The number of fused-ring (bicyclic) bond motifs is 1. The highest BCUT2D eigenvalue weighted by Gasteiger charge is 2.52. The molecule has 0 aromatic heterocycles. The van der Waals surface area contributed by atoms with Crippen LogP contribution in [0.3, 0.4) is 0 Å². The quantitative estimate of drug-likeness (QED) is 0.293. The number of benzene rings is 3. The van der Waals surface area contributed by atoms with Gasteiger partial charge in [0, 0.05) is 6.54 Å². The SMILES string of the molecule is CC(C)(C)OC(=O)N1C[C@@H](N2C(=O)c3ccccc3C2=O)C[C@H]1CO[Si](c1ccccc1)(c1ccccc1)C(C)(C)C. The number of likely N-dealkylation sites (tertiary alicyclic amines) is 1. The fourth-order valence-corrected chi connectivity index (χ4v) is 10.9. The molecule has 3 aromatic carbocycles. The molecule has 0 spiro atoms.